The summed E-state index contributed by atoms with van der Waals surface area (Å²) in [6, 6.07) is 8.96. The number of fused-ring (bicyclic) bond motifs is 3. The van der Waals surface area contributed by atoms with Crippen molar-refractivity contribution in [2.45, 2.75) is 31.7 Å². The van der Waals surface area contributed by atoms with Crippen molar-refractivity contribution in [3.8, 4) is 16.8 Å². The Morgan fingerprint density at radius 3 is 2.71 bits per heavy atom. The molecule has 2 aliphatic carbocycles. The van der Waals surface area contributed by atoms with Crippen molar-refractivity contribution >= 4 is 17.2 Å². The van der Waals surface area contributed by atoms with Crippen LogP contribution in [0.15, 0.2) is 65.0 Å². The zero-order chi connectivity index (χ0) is 26.3. The van der Waals surface area contributed by atoms with Crippen LogP contribution in [0.25, 0.3) is 22.4 Å². The summed E-state index contributed by atoms with van der Waals surface area (Å²) in [7, 11) is 0. The number of tetrazole rings is 1. The van der Waals surface area contributed by atoms with E-state index in [-0.39, 0.29) is 51.6 Å². The highest BCUT2D eigenvalue weighted by atomic mass is 35.5. The maximum absolute atomic E-state index is 15.3. The number of allylic oxidation sites excluding steroid dienone is 4. The second kappa shape index (κ2) is 8.22. The number of halogens is 4. The Labute approximate surface area is 218 Å². The molecule has 3 aliphatic rings. The van der Waals surface area contributed by atoms with Gasteiger partial charge in [0.15, 0.2) is 5.82 Å². The maximum atomic E-state index is 15.3. The molecule has 4 heterocycles. The zero-order valence-corrected chi connectivity index (χ0v) is 20.6. The molecule has 0 amide bonds. The highest BCUT2D eigenvalue weighted by Crippen LogP contribution is 2.62. The van der Waals surface area contributed by atoms with Gasteiger partial charge in [-0.15, -0.1) is 5.10 Å². The fraction of sp³-hybridized carbons (Fsp3) is 0.222. The number of pyridine rings is 2. The summed E-state index contributed by atoms with van der Waals surface area (Å²) in [6.45, 7) is 1.67. The number of aryl methyl sites for hydroxylation is 1. The van der Waals surface area contributed by atoms with Gasteiger partial charge in [-0.3, -0.25) is 4.79 Å². The molecule has 0 bridgehead atoms. The zero-order valence-electron chi connectivity index (χ0n) is 19.9. The lowest BCUT2D eigenvalue weighted by Crippen LogP contribution is -2.26. The summed E-state index contributed by atoms with van der Waals surface area (Å²) >= 11 is 6.10. The third kappa shape index (κ3) is 3.39. The normalized spacial score (nSPS) is 21.5. The number of nitrogens with zero attached hydrogens (tertiary/aromatic N) is 6. The van der Waals surface area contributed by atoms with Crippen molar-refractivity contribution in [1.82, 2.24) is 29.8 Å². The summed E-state index contributed by atoms with van der Waals surface area (Å²) in [4.78, 5) is 17.3. The van der Waals surface area contributed by atoms with Gasteiger partial charge >= 0.3 is 0 Å². The summed E-state index contributed by atoms with van der Waals surface area (Å²) in [5, 5.41) is 11.0. The number of aromatic nitrogens is 6. The van der Waals surface area contributed by atoms with E-state index in [4.69, 9.17) is 11.6 Å². The van der Waals surface area contributed by atoms with Crippen molar-refractivity contribution in [2.24, 2.45) is 5.92 Å². The van der Waals surface area contributed by atoms with Gasteiger partial charge in [-0.2, -0.15) is 9.07 Å². The third-order valence-electron chi connectivity index (χ3n) is 7.63. The van der Waals surface area contributed by atoms with E-state index >= 15 is 8.78 Å². The van der Waals surface area contributed by atoms with E-state index in [1.807, 2.05) is 0 Å². The topological polar surface area (TPSA) is 78.5 Å². The van der Waals surface area contributed by atoms with Gasteiger partial charge in [0.1, 0.15) is 12.2 Å². The molecule has 3 atom stereocenters. The van der Waals surface area contributed by atoms with E-state index in [1.165, 1.54) is 35.3 Å². The predicted molar refractivity (Wildman–Crippen MR) is 133 cm³/mol. The minimum atomic E-state index is -0.718. The van der Waals surface area contributed by atoms with Crippen molar-refractivity contribution in [2.75, 3.05) is 0 Å². The van der Waals surface area contributed by atoms with Gasteiger partial charge in [-0.1, -0.05) is 11.6 Å². The van der Waals surface area contributed by atoms with E-state index in [1.54, 1.807) is 29.7 Å². The summed E-state index contributed by atoms with van der Waals surface area (Å²) in [5.74, 6) is -1.73. The van der Waals surface area contributed by atoms with Crippen LogP contribution in [-0.2, 0) is 0 Å². The number of hydrogen-bond acceptors (Lipinski definition) is 5. The maximum Gasteiger partial charge on any atom is 0.251 e. The lowest BCUT2D eigenvalue weighted by atomic mass is 9.97. The van der Waals surface area contributed by atoms with E-state index in [2.05, 4.69) is 20.5 Å². The van der Waals surface area contributed by atoms with E-state index in [0.717, 1.165) is 12.1 Å². The molecule has 0 radical (unpaired) electrons. The van der Waals surface area contributed by atoms with Crippen LogP contribution in [0.3, 0.4) is 0 Å². The average molecular weight is 535 g/mol. The second-order valence-electron chi connectivity index (χ2n) is 9.85. The molecule has 0 spiro atoms. The molecule has 11 heteroatoms. The first kappa shape index (κ1) is 23.1. The van der Waals surface area contributed by atoms with Crippen molar-refractivity contribution in [3.63, 3.8) is 0 Å². The van der Waals surface area contributed by atoms with Gasteiger partial charge in [-0.25, -0.2) is 13.8 Å². The van der Waals surface area contributed by atoms with Gasteiger partial charge in [0.05, 0.1) is 16.8 Å². The van der Waals surface area contributed by atoms with Gasteiger partial charge in [0, 0.05) is 40.1 Å². The van der Waals surface area contributed by atoms with Crippen LogP contribution in [-0.4, -0.2) is 29.8 Å². The summed E-state index contributed by atoms with van der Waals surface area (Å²) < 4.78 is 47.9. The fourth-order valence-electron chi connectivity index (χ4n) is 5.90. The number of benzene rings is 1. The van der Waals surface area contributed by atoms with Crippen LogP contribution in [0.4, 0.5) is 13.2 Å². The van der Waals surface area contributed by atoms with Gasteiger partial charge in [0.25, 0.3) is 5.56 Å². The first-order valence-electron chi connectivity index (χ1n) is 12.0. The molecule has 1 fully saturated rings. The molecular weight excluding hydrogens is 517 g/mol. The largest absolute Gasteiger partial charge is 0.305 e. The van der Waals surface area contributed by atoms with Gasteiger partial charge in [0.2, 0.25) is 5.95 Å². The third-order valence-corrected chi connectivity index (χ3v) is 7.92. The number of rotatable bonds is 4. The monoisotopic (exact) mass is 534 g/mol. The van der Waals surface area contributed by atoms with Crippen molar-refractivity contribution < 1.29 is 13.2 Å². The molecule has 1 saturated carbocycles. The Hall–Kier alpha value is -4.05. The highest BCUT2D eigenvalue weighted by Gasteiger charge is 2.54. The molecule has 7 nitrogen and oxygen atoms in total. The number of hydrogen-bond donors (Lipinski definition) is 0. The highest BCUT2D eigenvalue weighted by molar-refractivity contribution is 6.31. The molecule has 0 N–H and O–H groups in total. The molecule has 1 aliphatic heterocycles. The van der Waals surface area contributed by atoms with Crippen LogP contribution < -0.4 is 5.56 Å². The van der Waals surface area contributed by atoms with Gasteiger partial charge < -0.3 is 4.57 Å². The van der Waals surface area contributed by atoms with Crippen molar-refractivity contribution in [1.29, 1.82) is 0 Å². The molecule has 3 unspecified atom stereocenters. The Bertz CT molecular complexity index is 1780. The molecule has 1 aromatic carbocycles. The predicted octanol–water partition coefficient (Wildman–Crippen LogP) is 5.50. The minimum absolute atomic E-state index is 0.0807. The van der Waals surface area contributed by atoms with Crippen LogP contribution in [0.2, 0.25) is 5.02 Å². The second-order valence-corrected chi connectivity index (χ2v) is 10.3. The molecular formula is C27H18ClF3N6O. The Balaban J connectivity index is 1.29. The molecule has 190 valence electrons. The van der Waals surface area contributed by atoms with E-state index < -0.39 is 17.6 Å². The van der Waals surface area contributed by atoms with Crippen LogP contribution in [0.1, 0.15) is 41.8 Å². The molecule has 38 heavy (non-hydrogen) atoms. The Kier molecular flexibility index (Phi) is 5.00. The molecule has 4 aromatic rings. The molecule has 3 aromatic heterocycles. The summed E-state index contributed by atoms with van der Waals surface area (Å²) in [5.41, 5.74) is 2.79. The lowest BCUT2D eigenvalue weighted by molar-refractivity contribution is 0.522. The Morgan fingerprint density at radius 2 is 1.95 bits per heavy atom. The first-order valence-corrected chi connectivity index (χ1v) is 12.4. The molecule has 7 rings (SSSR count). The Morgan fingerprint density at radius 1 is 1.11 bits per heavy atom. The quantitative estimate of drug-likeness (QED) is 0.323. The standard InChI is InChI=1S/C27H18ClF3N6O/c1-12-2-3-15(27(31)33-12)16-6-14(7-20(16)29)26-18-10-17(18)22-8-13(9-23(38)37(22)26)24-21(36-11-32-34-35-36)5-4-19(28)25(24)30/h2-5,7-9,11,17-18,26H,6,10H2,1H3. The smallest absolute Gasteiger partial charge is 0.251 e. The summed E-state index contributed by atoms with van der Waals surface area (Å²) in [6.07, 6.45) is 3.75. The van der Waals surface area contributed by atoms with Crippen LogP contribution in [0, 0.1) is 24.6 Å². The first-order chi connectivity index (χ1) is 18.3. The van der Waals surface area contributed by atoms with E-state index in [9.17, 15) is 9.18 Å². The molecule has 0 saturated heterocycles. The lowest BCUT2D eigenvalue weighted by Gasteiger charge is -2.21. The van der Waals surface area contributed by atoms with Crippen LogP contribution >= 0.6 is 11.6 Å². The SMILES string of the molecule is Cc1ccc(C2=C(F)C=C(C3C4CC4c4cc(-c5c(-n6cnnn6)ccc(Cl)c5F)cc(=O)n43)C2)c(F)n1. The average Bonchev–Trinajstić information content (AvgIpc) is 3.18. The van der Waals surface area contributed by atoms with Crippen molar-refractivity contribution in [3.05, 3.63) is 104 Å². The van der Waals surface area contributed by atoms with Crippen LogP contribution in [0.5, 0.6) is 0 Å². The fourth-order valence-corrected chi connectivity index (χ4v) is 6.05. The van der Waals surface area contributed by atoms with E-state index in [0.29, 0.717) is 22.5 Å². The minimum Gasteiger partial charge on any atom is -0.305 e. The van der Waals surface area contributed by atoms with Gasteiger partial charge in [-0.05, 0) is 83.7 Å².